The topological polar surface area (TPSA) is 29.5 Å². The summed E-state index contributed by atoms with van der Waals surface area (Å²) in [7, 11) is 1.49. The van der Waals surface area contributed by atoms with Crippen LogP contribution >= 0.6 is 0 Å². The minimum absolute atomic E-state index is 0.268. The van der Waals surface area contributed by atoms with Crippen molar-refractivity contribution in [3.05, 3.63) is 65.0 Å². The lowest BCUT2D eigenvalue weighted by Crippen LogP contribution is -2.03. The van der Waals surface area contributed by atoms with Crippen molar-refractivity contribution in [2.75, 3.05) is 7.11 Å². The number of aliphatic hydroxyl groups excluding tert-OH is 1. The van der Waals surface area contributed by atoms with Crippen LogP contribution in [0.4, 0.5) is 4.39 Å². The van der Waals surface area contributed by atoms with Crippen molar-refractivity contribution in [2.45, 2.75) is 24.9 Å². The predicted molar refractivity (Wildman–Crippen MR) is 75.4 cm³/mol. The van der Waals surface area contributed by atoms with Gasteiger partial charge in [0.05, 0.1) is 7.11 Å². The third kappa shape index (κ3) is 2.54. The molecule has 3 heteroatoms. The lowest BCUT2D eigenvalue weighted by Gasteiger charge is -2.13. The molecule has 104 valence electrons. The summed E-state index contributed by atoms with van der Waals surface area (Å²) in [6.07, 6.45) is 1.54. The molecule has 0 radical (unpaired) electrons. The molecule has 0 spiro atoms. The van der Waals surface area contributed by atoms with Gasteiger partial charge in [-0.25, -0.2) is 4.39 Å². The molecule has 20 heavy (non-hydrogen) atoms. The summed E-state index contributed by atoms with van der Waals surface area (Å²) in [6, 6.07) is 12.3. The number of hydrogen-bond acceptors (Lipinski definition) is 2. The second-order valence-corrected chi connectivity index (χ2v) is 5.23. The molecule has 1 fully saturated rings. The zero-order valence-corrected chi connectivity index (χ0v) is 11.3. The smallest absolute Gasteiger partial charge is 0.133 e. The fraction of sp³-hybridized carbons (Fsp3) is 0.294. The van der Waals surface area contributed by atoms with Crippen molar-refractivity contribution in [2.24, 2.45) is 0 Å². The molecule has 2 aromatic rings. The Morgan fingerprint density at radius 1 is 1.15 bits per heavy atom. The molecule has 0 amide bonds. The maximum Gasteiger partial charge on any atom is 0.133 e. The zero-order chi connectivity index (χ0) is 14.1. The van der Waals surface area contributed by atoms with E-state index >= 15 is 0 Å². The number of aliphatic hydroxyl groups is 1. The number of methoxy groups -OCH3 is 1. The molecule has 3 rings (SSSR count). The molecule has 1 aliphatic carbocycles. The van der Waals surface area contributed by atoms with Crippen molar-refractivity contribution in [1.82, 2.24) is 0 Å². The molecule has 1 unspecified atom stereocenters. The summed E-state index contributed by atoms with van der Waals surface area (Å²) in [4.78, 5) is 0. The van der Waals surface area contributed by atoms with Gasteiger partial charge in [0.1, 0.15) is 17.7 Å². The van der Waals surface area contributed by atoms with E-state index in [1.807, 2.05) is 24.3 Å². The fourth-order valence-electron chi connectivity index (χ4n) is 2.40. The summed E-state index contributed by atoms with van der Waals surface area (Å²) in [5.41, 5.74) is 2.28. The van der Waals surface area contributed by atoms with Crippen LogP contribution in [0.15, 0.2) is 42.5 Å². The number of hydrogen-bond donors (Lipinski definition) is 1. The van der Waals surface area contributed by atoms with Gasteiger partial charge in [0.25, 0.3) is 0 Å². The average molecular weight is 272 g/mol. The Morgan fingerprint density at radius 3 is 2.40 bits per heavy atom. The SMILES string of the molecule is COc1ccc(C(O)c2ccc(C3CC3)cc2)c(F)c1. The van der Waals surface area contributed by atoms with E-state index in [2.05, 4.69) is 0 Å². The van der Waals surface area contributed by atoms with Crippen molar-refractivity contribution in [3.8, 4) is 5.75 Å². The Balaban J connectivity index is 1.85. The highest BCUT2D eigenvalue weighted by atomic mass is 19.1. The third-order valence-electron chi connectivity index (χ3n) is 3.80. The summed E-state index contributed by atoms with van der Waals surface area (Å²) in [6.45, 7) is 0. The first kappa shape index (κ1) is 13.1. The van der Waals surface area contributed by atoms with Gasteiger partial charge in [-0.2, -0.15) is 0 Å². The molecule has 2 aromatic carbocycles. The van der Waals surface area contributed by atoms with Crippen molar-refractivity contribution in [1.29, 1.82) is 0 Å². The summed E-state index contributed by atoms with van der Waals surface area (Å²) < 4.78 is 18.9. The highest BCUT2D eigenvalue weighted by Crippen LogP contribution is 2.40. The molecule has 1 N–H and O–H groups in total. The second-order valence-electron chi connectivity index (χ2n) is 5.23. The van der Waals surface area contributed by atoms with Crippen LogP contribution in [0, 0.1) is 5.82 Å². The van der Waals surface area contributed by atoms with E-state index in [0.717, 1.165) is 0 Å². The van der Waals surface area contributed by atoms with E-state index in [1.54, 1.807) is 12.1 Å². The molecule has 0 bridgehead atoms. The highest BCUT2D eigenvalue weighted by Gasteiger charge is 2.23. The van der Waals surface area contributed by atoms with Gasteiger partial charge in [-0.05, 0) is 42.0 Å². The molecular weight excluding hydrogens is 255 g/mol. The van der Waals surface area contributed by atoms with Crippen molar-refractivity contribution in [3.63, 3.8) is 0 Å². The number of halogens is 1. The molecule has 0 saturated heterocycles. The van der Waals surface area contributed by atoms with Gasteiger partial charge in [-0.3, -0.25) is 0 Å². The minimum atomic E-state index is -0.950. The van der Waals surface area contributed by atoms with Crippen LogP contribution in [0.2, 0.25) is 0 Å². The highest BCUT2D eigenvalue weighted by molar-refractivity contribution is 5.37. The molecule has 1 saturated carbocycles. The summed E-state index contributed by atoms with van der Waals surface area (Å²) in [5, 5.41) is 10.3. The molecule has 0 heterocycles. The van der Waals surface area contributed by atoms with Crippen molar-refractivity contribution >= 4 is 0 Å². The third-order valence-corrected chi connectivity index (χ3v) is 3.80. The van der Waals surface area contributed by atoms with E-state index in [1.165, 1.54) is 31.6 Å². The average Bonchev–Trinajstić information content (AvgIpc) is 3.31. The molecular formula is C17H17FO2. The van der Waals surface area contributed by atoms with Gasteiger partial charge in [-0.15, -0.1) is 0 Å². The number of benzene rings is 2. The normalized spacial score (nSPS) is 15.9. The number of ether oxygens (including phenoxy) is 1. The minimum Gasteiger partial charge on any atom is -0.497 e. The fourth-order valence-corrected chi connectivity index (χ4v) is 2.40. The first-order valence-corrected chi connectivity index (χ1v) is 6.80. The lowest BCUT2D eigenvalue weighted by molar-refractivity contribution is 0.214. The quantitative estimate of drug-likeness (QED) is 0.917. The summed E-state index contributed by atoms with van der Waals surface area (Å²) in [5.74, 6) is 0.671. The summed E-state index contributed by atoms with van der Waals surface area (Å²) >= 11 is 0. The predicted octanol–water partition coefficient (Wildman–Crippen LogP) is 3.79. The van der Waals surface area contributed by atoms with Crippen molar-refractivity contribution < 1.29 is 14.2 Å². The molecule has 2 nitrogen and oxygen atoms in total. The van der Waals surface area contributed by atoms with Crippen LogP contribution < -0.4 is 4.74 Å². The Hall–Kier alpha value is -1.87. The van der Waals surface area contributed by atoms with Crippen LogP contribution in [0.25, 0.3) is 0 Å². The van der Waals surface area contributed by atoms with Gasteiger partial charge >= 0.3 is 0 Å². The Morgan fingerprint density at radius 2 is 1.85 bits per heavy atom. The first-order chi connectivity index (χ1) is 9.69. The van der Waals surface area contributed by atoms with E-state index < -0.39 is 11.9 Å². The van der Waals surface area contributed by atoms with Gasteiger partial charge in [0.2, 0.25) is 0 Å². The van der Waals surface area contributed by atoms with Crippen LogP contribution in [-0.2, 0) is 0 Å². The largest absolute Gasteiger partial charge is 0.497 e. The van der Waals surface area contributed by atoms with E-state index in [4.69, 9.17) is 4.74 Å². The van der Waals surface area contributed by atoms with E-state index in [9.17, 15) is 9.50 Å². The van der Waals surface area contributed by atoms with E-state index in [0.29, 0.717) is 17.2 Å². The molecule has 1 aliphatic rings. The Kier molecular flexibility index (Phi) is 3.45. The molecule has 1 atom stereocenters. The van der Waals surface area contributed by atoms with Gasteiger partial charge in [-0.1, -0.05) is 24.3 Å². The zero-order valence-electron chi connectivity index (χ0n) is 11.3. The number of rotatable bonds is 4. The van der Waals surface area contributed by atoms with Gasteiger partial charge in [0.15, 0.2) is 0 Å². The maximum atomic E-state index is 14.0. The second kappa shape index (κ2) is 5.25. The molecule has 0 aromatic heterocycles. The lowest BCUT2D eigenvalue weighted by atomic mass is 9.99. The monoisotopic (exact) mass is 272 g/mol. The van der Waals surface area contributed by atoms with Crippen LogP contribution in [0.1, 0.15) is 41.6 Å². The standard InChI is InChI=1S/C17H17FO2/c1-20-14-8-9-15(16(18)10-14)17(19)13-6-4-12(5-7-13)11-2-3-11/h4-11,17,19H,2-3H2,1H3. The van der Waals surface area contributed by atoms with Gasteiger partial charge in [0, 0.05) is 11.6 Å². The maximum absolute atomic E-state index is 14.0. The van der Waals surface area contributed by atoms with Crippen LogP contribution in [-0.4, -0.2) is 12.2 Å². The van der Waals surface area contributed by atoms with Gasteiger partial charge < -0.3 is 9.84 Å². The van der Waals surface area contributed by atoms with E-state index in [-0.39, 0.29) is 5.56 Å². The first-order valence-electron chi connectivity index (χ1n) is 6.80. The van der Waals surface area contributed by atoms with Crippen LogP contribution in [0.5, 0.6) is 5.75 Å². The Bertz CT molecular complexity index is 603. The van der Waals surface area contributed by atoms with Crippen LogP contribution in [0.3, 0.4) is 0 Å². The molecule has 0 aliphatic heterocycles. The Labute approximate surface area is 117 Å².